The van der Waals surface area contributed by atoms with Gasteiger partial charge in [-0.2, -0.15) is 0 Å². The molecule has 0 aliphatic carbocycles. The summed E-state index contributed by atoms with van der Waals surface area (Å²) in [6, 6.07) is 6.54. The molecule has 0 fully saturated rings. The van der Waals surface area contributed by atoms with Gasteiger partial charge in [0.25, 0.3) is 0 Å². The van der Waals surface area contributed by atoms with E-state index in [1.807, 2.05) is 0 Å². The summed E-state index contributed by atoms with van der Waals surface area (Å²) >= 11 is 0. The van der Waals surface area contributed by atoms with E-state index in [2.05, 4.69) is 10.5 Å². The van der Waals surface area contributed by atoms with E-state index in [1.54, 1.807) is 59.1 Å². The molecule has 0 heterocycles. The number of nitrogens with zero attached hydrogens (tertiary/aromatic N) is 1. The van der Waals surface area contributed by atoms with Crippen LogP contribution in [0.1, 0.15) is 33.3 Å². The first-order valence-corrected chi connectivity index (χ1v) is 6.62. The van der Waals surface area contributed by atoms with E-state index in [0.717, 1.165) is 0 Å². The lowest BCUT2D eigenvalue weighted by Crippen LogP contribution is -2.42. The molecule has 2 N–H and O–H groups in total. The van der Waals surface area contributed by atoms with Gasteiger partial charge in [-0.05, 0) is 39.8 Å². The van der Waals surface area contributed by atoms with Crippen LogP contribution in [0, 0.1) is 0 Å². The SMILES string of the molecule is COc1cccc(/C(=N\O)C(C)NC(=O)OC(C)(C)C)c1. The third-order valence-electron chi connectivity index (χ3n) is 2.62. The number of oxime groups is 1. The van der Waals surface area contributed by atoms with Gasteiger partial charge in [-0.15, -0.1) is 0 Å². The van der Waals surface area contributed by atoms with Gasteiger partial charge >= 0.3 is 6.09 Å². The second-order valence-electron chi connectivity index (χ2n) is 5.59. The molecule has 0 aliphatic heterocycles. The van der Waals surface area contributed by atoms with Gasteiger partial charge in [0.05, 0.1) is 13.2 Å². The van der Waals surface area contributed by atoms with E-state index in [1.165, 1.54) is 0 Å². The second-order valence-corrected chi connectivity index (χ2v) is 5.59. The Morgan fingerprint density at radius 3 is 2.57 bits per heavy atom. The fourth-order valence-electron chi connectivity index (χ4n) is 1.73. The molecule has 1 unspecified atom stereocenters. The van der Waals surface area contributed by atoms with Crippen LogP contribution < -0.4 is 10.1 Å². The Hall–Kier alpha value is -2.24. The number of carbonyl (C=O) groups excluding carboxylic acids is 1. The summed E-state index contributed by atoms with van der Waals surface area (Å²) in [6.45, 7) is 7.04. The van der Waals surface area contributed by atoms with Crippen LogP contribution in [0.2, 0.25) is 0 Å². The third kappa shape index (κ3) is 5.33. The van der Waals surface area contributed by atoms with E-state index in [-0.39, 0.29) is 0 Å². The van der Waals surface area contributed by atoms with E-state index in [9.17, 15) is 10.0 Å². The van der Waals surface area contributed by atoms with Crippen molar-refractivity contribution < 1.29 is 19.5 Å². The average molecular weight is 294 g/mol. The maximum atomic E-state index is 11.7. The van der Waals surface area contributed by atoms with Gasteiger partial charge in [-0.1, -0.05) is 17.3 Å². The van der Waals surface area contributed by atoms with Crippen LogP contribution in [0.3, 0.4) is 0 Å². The molecule has 0 saturated carbocycles. The molecule has 1 rings (SSSR count). The second kappa shape index (κ2) is 6.97. The largest absolute Gasteiger partial charge is 0.497 e. The zero-order valence-electron chi connectivity index (χ0n) is 13.0. The van der Waals surface area contributed by atoms with Crippen LogP contribution in [0.5, 0.6) is 5.75 Å². The lowest BCUT2D eigenvalue weighted by molar-refractivity contribution is 0.0521. The summed E-state index contributed by atoms with van der Waals surface area (Å²) in [7, 11) is 1.55. The number of amides is 1. The highest BCUT2D eigenvalue weighted by molar-refractivity contribution is 6.05. The first-order chi connectivity index (χ1) is 9.76. The highest BCUT2D eigenvalue weighted by Gasteiger charge is 2.21. The van der Waals surface area contributed by atoms with Gasteiger partial charge in [-0.25, -0.2) is 4.79 Å². The Kier molecular flexibility index (Phi) is 5.58. The summed E-state index contributed by atoms with van der Waals surface area (Å²) in [5.74, 6) is 0.637. The molecule has 1 amide bonds. The number of rotatable bonds is 4. The average Bonchev–Trinajstić information content (AvgIpc) is 2.37. The van der Waals surface area contributed by atoms with Gasteiger partial charge in [0.2, 0.25) is 0 Å². The van der Waals surface area contributed by atoms with Crippen LogP contribution in [0.25, 0.3) is 0 Å². The van der Waals surface area contributed by atoms with Gasteiger partial charge in [0, 0.05) is 5.56 Å². The Bertz CT molecular complexity index is 521. The topological polar surface area (TPSA) is 80.2 Å². The molecule has 0 spiro atoms. The van der Waals surface area contributed by atoms with Crippen molar-refractivity contribution in [3.8, 4) is 5.75 Å². The van der Waals surface area contributed by atoms with Crippen LogP contribution in [0.4, 0.5) is 4.79 Å². The van der Waals surface area contributed by atoms with Crippen molar-refractivity contribution in [3.05, 3.63) is 29.8 Å². The summed E-state index contributed by atoms with van der Waals surface area (Å²) in [5.41, 5.74) is 0.385. The monoisotopic (exact) mass is 294 g/mol. The molecule has 0 bridgehead atoms. The maximum absolute atomic E-state index is 11.7. The highest BCUT2D eigenvalue weighted by Crippen LogP contribution is 2.15. The molecular formula is C15H22N2O4. The number of ether oxygens (including phenoxy) is 2. The minimum absolute atomic E-state index is 0.319. The number of benzene rings is 1. The Morgan fingerprint density at radius 1 is 1.38 bits per heavy atom. The van der Waals surface area contributed by atoms with Crippen molar-refractivity contribution in [2.45, 2.75) is 39.3 Å². The lowest BCUT2D eigenvalue weighted by atomic mass is 10.0. The summed E-state index contributed by atoms with van der Waals surface area (Å²) < 4.78 is 10.3. The summed E-state index contributed by atoms with van der Waals surface area (Å²) in [5, 5.41) is 15.1. The van der Waals surface area contributed by atoms with Crippen LogP contribution >= 0.6 is 0 Å². The standard InChI is InChI=1S/C15H22N2O4/c1-10(16-14(18)21-15(2,3)4)13(17-19)11-7-6-8-12(9-11)20-5/h6-10,19H,1-5H3,(H,16,18)/b17-13-. The molecule has 21 heavy (non-hydrogen) atoms. The molecule has 1 aromatic carbocycles. The molecular weight excluding hydrogens is 272 g/mol. The van der Waals surface area contributed by atoms with Crippen LogP contribution in [0.15, 0.2) is 29.4 Å². The van der Waals surface area contributed by atoms with E-state index < -0.39 is 17.7 Å². The van der Waals surface area contributed by atoms with Crippen molar-refractivity contribution in [1.82, 2.24) is 5.32 Å². The van der Waals surface area contributed by atoms with Crippen molar-refractivity contribution in [1.29, 1.82) is 0 Å². The smallest absolute Gasteiger partial charge is 0.408 e. The zero-order valence-corrected chi connectivity index (χ0v) is 13.0. The summed E-state index contributed by atoms with van der Waals surface area (Å²) in [4.78, 5) is 11.7. The Morgan fingerprint density at radius 2 is 2.05 bits per heavy atom. The van der Waals surface area contributed by atoms with Gasteiger partial charge in [-0.3, -0.25) is 0 Å². The maximum Gasteiger partial charge on any atom is 0.408 e. The van der Waals surface area contributed by atoms with E-state index in [4.69, 9.17) is 9.47 Å². The first kappa shape index (κ1) is 16.8. The number of alkyl carbamates (subject to hydrolysis) is 1. The van der Waals surface area contributed by atoms with Gasteiger partial charge in [0.15, 0.2) is 0 Å². The predicted molar refractivity (Wildman–Crippen MR) is 80.1 cm³/mol. The van der Waals surface area contributed by atoms with Gasteiger partial charge in [0.1, 0.15) is 17.1 Å². The minimum atomic E-state index is -0.587. The number of hydrogen-bond donors (Lipinski definition) is 2. The van der Waals surface area contributed by atoms with Crippen LogP contribution in [-0.4, -0.2) is 35.8 Å². The lowest BCUT2D eigenvalue weighted by Gasteiger charge is -2.22. The van der Waals surface area contributed by atoms with E-state index >= 15 is 0 Å². The quantitative estimate of drug-likeness (QED) is 0.508. The van der Waals surface area contributed by atoms with Crippen molar-refractivity contribution in [3.63, 3.8) is 0 Å². The number of carbonyl (C=O) groups is 1. The highest BCUT2D eigenvalue weighted by atomic mass is 16.6. The van der Waals surface area contributed by atoms with Crippen molar-refractivity contribution >= 4 is 11.8 Å². The minimum Gasteiger partial charge on any atom is -0.497 e. The Balaban J connectivity index is 2.83. The fourth-order valence-corrected chi connectivity index (χ4v) is 1.73. The molecule has 0 aliphatic rings. The summed E-state index contributed by atoms with van der Waals surface area (Å²) in [6.07, 6.45) is -0.570. The zero-order chi connectivity index (χ0) is 16.0. The van der Waals surface area contributed by atoms with Crippen molar-refractivity contribution in [2.75, 3.05) is 7.11 Å². The van der Waals surface area contributed by atoms with Crippen molar-refractivity contribution in [2.24, 2.45) is 5.16 Å². The molecule has 6 nitrogen and oxygen atoms in total. The van der Waals surface area contributed by atoms with E-state index in [0.29, 0.717) is 17.0 Å². The molecule has 1 atom stereocenters. The Labute approximate surface area is 124 Å². The fraction of sp³-hybridized carbons (Fsp3) is 0.467. The number of hydrogen-bond acceptors (Lipinski definition) is 5. The molecule has 0 aromatic heterocycles. The molecule has 0 saturated heterocycles. The molecule has 1 aromatic rings. The molecule has 0 radical (unpaired) electrons. The predicted octanol–water partition coefficient (Wildman–Crippen LogP) is 2.79. The number of nitrogens with one attached hydrogen (secondary N) is 1. The molecule has 116 valence electrons. The first-order valence-electron chi connectivity index (χ1n) is 6.62. The number of methoxy groups -OCH3 is 1. The third-order valence-corrected chi connectivity index (χ3v) is 2.62. The molecule has 6 heteroatoms. The van der Waals surface area contributed by atoms with Gasteiger partial charge < -0.3 is 20.0 Å². The normalized spacial score (nSPS) is 13.5. The van der Waals surface area contributed by atoms with Crippen LogP contribution in [-0.2, 0) is 4.74 Å².